The lowest BCUT2D eigenvalue weighted by Crippen LogP contribution is -2.49. The van der Waals surface area contributed by atoms with Crippen LogP contribution < -0.4 is 0 Å². The van der Waals surface area contributed by atoms with Gasteiger partial charge in [-0.3, -0.25) is 9.80 Å². The number of nitrogens with zero attached hydrogens (tertiary/aromatic N) is 2. The van der Waals surface area contributed by atoms with E-state index in [0.717, 1.165) is 12.6 Å². The van der Waals surface area contributed by atoms with Gasteiger partial charge in [-0.1, -0.05) is 48.9 Å². The van der Waals surface area contributed by atoms with Crippen LogP contribution in [0.1, 0.15) is 37.7 Å². The molecule has 0 aromatic heterocycles. The van der Waals surface area contributed by atoms with Gasteiger partial charge in [-0.2, -0.15) is 0 Å². The molecular weight excluding hydrogens is 280 g/mol. The summed E-state index contributed by atoms with van der Waals surface area (Å²) in [6, 6.07) is 16.3. The van der Waals surface area contributed by atoms with Gasteiger partial charge in [0.2, 0.25) is 0 Å². The first-order valence-electron chi connectivity index (χ1n) is 9.33. The van der Waals surface area contributed by atoms with Crippen LogP contribution in [0.3, 0.4) is 0 Å². The second kappa shape index (κ2) is 7.02. The number of likely N-dealkylation sites (tertiary alicyclic amines) is 2. The van der Waals surface area contributed by atoms with E-state index in [1.54, 1.807) is 0 Å². The Morgan fingerprint density at radius 1 is 0.826 bits per heavy atom. The number of rotatable bonds is 3. The third-order valence-electron chi connectivity index (χ3n) is 5.66. The van der Waals surface area contributed by atoms with Crippen LogP contribution in [0.25, 0.3) is 10.8 Å². The fraction of sp³-hybridized carbons (Fsp3) is 0.524. The van der Waals surface area contributed by atoms with Gasteiger partial charge in [-0.25, -0.2) is 0 Å². The first kappa shape index (κ1) is 15.2. The lowest BCUT2D eigenvalue weighted by molar-refractivity contribution is 0.0794. The summed E-state index contributed by atoms with van der Waals surface area (Å²) >= 11 is 0. The van der Waals surface area contributed by atoms with Gasteiger partial charge in [-0.05, 0) is 61.7 Å². The molecule has 0 N–H and O–H groups in total. The van der Waals surface area contributed by atoms with Crippen LogP contribution >= 0.6 is 0 Å². The first-order valence-corrected chi connectivity index (χ1v) is 9.33. The normalized spacial score (nSPS) is 24.1. The van der Waals surface area contributed by atoms with Gasteiger partial charge >= 0.3 is 0 Å². The Bertz CT molecular complexity index is 640. The molecule has 0 amide bonds. The molecule has 0 spiro atoms. The number of hydrogen-bond donors (Lipinski definition) is 0. The van der Waals surface area contributed by atoms with E-state index in [1.165, 1.54) is 74.6 Å². The van der Waals surface area contributed by atoms with E-state index < -0.39 is 0 Å². The summed E-state index contributed by atoms with van der Waals surface area (Å²) < 4.78 is 0. The summed E-state index contributed by atoms with van der Waals surface area (Å²) in [5.74, 6) is 0. The quantitative estimate of drug-likeness (QED) is 0.834. The molecule has 2 aromatic rings. The maximum Gasteiger partial charge on any atom is 0.0240 e. The molecule has 0 aliphatic carbocycles. The van der Waals surface area contributed by atoms with Crippen LogP contribution in [0.15, 0.2) is 42.5 Å². The van der Waals surface area contributed by atoms with Crippen LogP contribution in [0.4, 0.5) is 0 Å². The van der Waals surface area contributed by atoms with Gasteiger partial charge in [0.25, 0.3) is 0 Å². The van der Waals surface area contributed by atoms with E-state index in [2.05, 4.69) is 52.3 Å². The summed E-state index contributed by atoms with van der Waals surface area (Å²) in [5.41, 5.74) is 1.49. The predicted molar refractivity (Wildman–Crippen MR) is 97.7 cm³/mol. The second-order valence-electron chi connectivity index (χ2n) is 7.27. The molecule has 2 heterocycles. The standard InChI is InChI=1S/C21H28N2/c1-4-14-23(15-5-1)20-11-7-13-22(17-20)16-19-10-6-9-18-8-2-3-12-21(18)19/h2-3,6,8-10,12,20H,1,4-5,7,11,13-17H2. The molecule has 4 rings (SSSR count). The Morgan fingerprint density at radius 3 is 2.57 bits per heavy atom. The number of fused-ring (bicyclic) bond motifs is 1. The number of benzene rings is 2. The van der Waals surface area contributed by atoms with Crippen molar-refractivity contribution in [2.75, 3.05) is 26.2 Å². The number of piperidine rings is 2. The zero-order chi connectivity index (χ0) is 15.5. The third-order valence-corrected chi connectivity index (χ3v) is 5.66. The molecule has 2 heteroatoms. The Morgan fingerprint density at radius 2 is 1.65 bits per heavy atom. The molecule has 1 unspecified atom stereocenters. The Kier molecular flexibility index (Phi) is 4.63. The molecule has 2 aliphatic heterocycles. The van der Waals surface area contributed by atoms with Crippen molar-refractivity contribution in [1.29, 1.82) is 0 Å². The van der Waals surface area contributed by atoms with Crippen molar-refractivity contribution < 1.29 is 0 Å². The van der Waals surface area contributed by atoms with E-state index in [-0.39, 0.29) is 0 Å². The van der Waals surface area contributed by atoms with E-state index in [9.17, 15) is 0 Å². The topological polar surface area (TPSA) is 6.48 Å². The van der Waals surface area contributed by atoms with Crippen molar-refractivity contribution in [3.63, 3.8) is 0 Å². The maximum atomic E-state index is 2.76. The molecule has 2 aliphatic rings. The summed E-state index contributed by atoms with van der Waals surface area (Å²) in [6.45, 7) is 6.27. The zero-order valence-electron chi connectivity index (χ0n) is 14.1. The highest BCUT2D eigenvalue weighted by Gasteiger charge is 2.26. The van der Waals surface area contributed by atoms with Gasteiger partial charge in [-0.15, -0.1) is 0 Å². The highest BCUT2D eigenvalue weighted by atomic mass is 15.2. The minimum absolute atomic E-state index is 0.791. The predicted octanol–water partition coefficient (Wildman–Crippen LogP) is 4.29. The fourth-order valence-electron chi connectivity index (χ4n) is 4.43. The summed E-state index contributed by atoms with van der Waals surface area (Å²) in [6.07, 6.45) is 6.99. The van der Waals surface area contributed by atoms with Crippen molar-refractivity contribution in [1.82, 2.24) is 9.80 Å². The van der Waals surface area contributed by atoms with Crippen molar-refractivity contribution in [3.05, 3.63) is 48.0 Å². The molecule has 122 valence electrons. The smallest absolute Gasteiger partial charge is 0.0240 e. The molecule has 2 fully saturated rings. The highest BCUT2D eigenvalue weighted by Crippen LogP contribution is 2.24. The molecule has 2 saturated heterocycles. The van der Waals surface area contributed by atoms with E-state index in [0.29, 0.717) is 0 Å². The van der Waals surface area contributed by atoms with Crippen LogP contribution in [0, 0.1) is 0 Å². The van der Waals surface area contributed by atoms with Gasteiger partial charge in [0, 0.05) is 19.1 Å². The van der Waals surface area contributed by atoms with Crippen molar-refractivity contribution in [2.24, 2.45) is 0 Å². The lowest BCUT2D eigenvalue weighted by atomic mass is 9.99. The average molecular weight is 308 g/mol. The summed E-state index contributed by atoms with van der Waals surface area (Å²) in [5, 5.41) is 2.80. The van der Waals surface area contributed by atoms with Gasteiger partial charge in [0.05, 0.1) is 0 Å². The minimum Gasteiger partial charge on any atom is -0.299 e. The van der Waals surface area contributed by atoms with E-state index in [4.69, 9.17) is 0 Å². The van der Waals surface area contributed by atoms with Crippen LogP contribution in [0.2, 0.25) is 0 Å². The van der Waals surface area contributed by atoms with Crippen molar-refractivity contribution in [3.8, 4) is 0 Å². The molecule has 2 nitrogen and oxygen atoms in total. The Balaban J connectivity index is 1.47. The van der Waals surface area contributed by atoms with E-state index >= 15 is 0 Å². The van der Waals surface area contributed by atoms with Gasteiger partial charge in [0.15, 0.2) is 0 Å². The summed E-state index contributed by atoms with van der Waals surface area (Å²) in [4.78, 5) is 5.45. The van der Waals surface area contributed by atoms with Crippen molar-refractivity contribution in [2.45, 2.75) is 44.7 Å². The average Bonchev–Trinajstić information content (AvgIpc) is 2.63. The molecule has 1 atom stereocenters. The molecule has 0 saturated carbocycles. The Labute approximate surface area is 140 Å². The van der Waals surface area contributed by atoms with Gasteiger partial charge in [0.1, 0.15) is 0 Å². The maximum absolute atomic E-state index is 2.76. The van der Waals surface area contributed by atoms with Crippen LogP contribution in [0.5, 0.6) is 0 Å². The second-order valence-corrected chi connectivity index (χ2v) is 7.27. The summed E-state index contributed by atoms with van der Waals surface area (Å²) in [7, 11) is 0. The first-order chi connectivity index (χ1) is 11.4. The monoisotopic (exact) mass is 308 g/mol. The Hall–Kier alpha value is -1.38. The number of hydrogen-bond acceptors (Lipinski definition) is 2. The fourth-order valence-corrected chi connectivity index (χ4v) is 4.43. The van der Waals surface area contributed by atoms with Crippen LogP contribution in [-0.4, -0.2) is 42.0 Å². The SMILES string of the molecule is c1ccc2c(CN3CCCC(N4CCCCC4)C3)cccc2c1. The lowest BCUT2D eigenvalue weighted by Gasteiger charge is -2.41. The molecular formula is C21H28N2. The molecule has 0 radical (unpaired) electrons. The largest absolute Gasteiger partial charge is 0.299 e. The highest BCUT2D eigenvalue weighted by molar-refractivity contribution is 5.85. The molecule has 23 heavy (non-hydrogen) atoms. The third kappa shape index (κ3) is 3.44. The van der Waals surface area contributed by atoms with Crippen LogP contribution in [-0.2, 0) is 6.54 Å². The molecule has 2 aromatic carbocycles. The van der Waals surface area contributed by atoms with Crippen molar-refractivity contribution >= 4 is 10.8 Å². The zero-order valence-corrected chi connectivity index (χ0v) is 14.1. The molecule has 0 bridgehead atoms. The minimum atomic E-state index is 0.791. The van der Waals surface area contributed by atoms with Gasteiger partial charge < -0.3 is 0 Å². The van der Waals surface area contributed by atoms with E-state index in [1.807, 2.05) is 0 Å².